The number of hydrogen-bond donors (Lipinski definition) is 3. The van der Waals surface area contributed by atoms with Gasteiger partial charge >= 0.3 is 5.82 Å². The molecule has 1 aromatic heterocycles. The number of piperidine rings is 1. The molecule has 13 nitrogen and oxygen atoms in total. The number of nitrogens with one attached hydrogen (secondary N) is 2. The highest BCUT2D eigenvalue weighted by Gasteiger charge is 2.52. The van der Waals surface area contributed by atoms with E-state index in [1.165, 1.54) is 12.1 Å². The third-order valence-electron chi connectivity index (χ3n) is 7.13. The van der Waals surface area contributed by atoms with Gasteiger partial charge in [0.05, 0.1) is 35.4 Å². The van der Waals surface area contributed by atoms with Gasteiger partial charge in [-0.3, -0.25) is 10.0 Å². The number of rotatable bonds is 14. The van der Waals surface area contributed by atoms with Gasteiger partial charge in [0.1, 0.15) is 18.0 Å². The van der Waals surface area contributed by atoms with Crippen molar-refractivity contribution in [3.8, 4) is 22.9 Å². The molecule has 0 atom stereocenters. The molecule has 14 heteroatoms. The molecule has 0 aliphatic carbocycles. The maximum Gasteiger partial charge on any atom is 0.338 e. The molecular weight excluding hydrogens is 552 g/mol. The van der Waals surface area contributed by atoms with E-state index in [2.05, 4.69) is 15.4 Å². The third kappa shape index (κ3) is 7.01. The van der Waals surface area contributed by atoms with Crippen LogP contribution in [0.5, 0.6) is 11.5 Å². The summed E-state index contributed by atoms with van der Waals surface area (Å²) in [6, 6.07) is 13.5. The molecule has 0 radical (unpaired) electrons. The van der Waals surface area contributed by atoms with Crippen LogP contribution in [0.1, 0.15) is 26.2 Å². The number of aromatic amines is 1. The molecule has 1 amide bonds. The fraction of sp³-hybridized carbons (Fsp3) is 0.481. The SMILES string of the molecule is CCOc1ccc(-c2n[nH][n+](CCCOc3ccc(S(=O)(=O)C4(C(=O)NO)CCN(CCOC)CC4)cc3)n2)cc1. The van der Waals surface area contributed by atoms with E-state index in [-0.39, 0.29) is 17.7 Å². The number of hydroxylamine groups is 1. The lowest BCUT2D eigenvalue weighted by Gasteiger charge is -2.39. The van der Waals surface area contributed by atoms with Gasteiger partial charge in [0.25, 0.3) is 5.91 Å². The average molecular weight is 590 g/mol. The van der Waals surface area contributed by atoms with E-state index in [0.29, 0.717) is 64.0 Å². The van der Waals surface area contributed by atoms with Crippen LogP contribution in [0.15, 0.2) is 53.4 Å². The smallest absolute Gasteiger partial charge is 0.338 e. The summed E-state index contributed by atoms with van der Waals surface area (Å²) in [6.07, 6.45) is 0.745. The van der Waals surface area contributed by atoms with Crippen molar-refractivity contribution in [2.75, 3.05) is 46.6 Å². The topological polar surface area (TPSA) is 160 Å². The van der Waals surface area contributed by atoms with Gasteiger partial charge in [-0.15, -0.1) is 0 Å². The Balaban J connectivity index is 1.31. The number of methoxy groups -OCH3 is 1. The number of H-pyrrole nitrogens is 1. The van der Waals surface area contributed by atoms with Crippen molar-refractivity contribution in [3.05, 3.63) is 48.5 Å². The van der Waals surface area contributed by atoms with E-state index in [4.69, 9.17) is 14.2 Å². The molecular formula is C27H37N6O7S+. The second-order valence-electron chi connectivity index (χ2n) is 9.66. The van der Waals surface area contributed by atoms with Crippen LogP contribution in [0.4, 0.5) is 0 Å². The number of carbonyl (C=O) groups is 1. The lowest BCUT2D eigenvalue weighted by atomic mass is 9.95. The Morgan fingerprint density at radius 3 is 2.37 bits per heavy atom. The fourth-order valence-corrected chi connectivity index (χ4v) is 6.73. The van der Waals surface area contributed by atoms with Crippen molar-refractivity contribution in [1.82, 2.24) is 25.8 Å². The van der Waals surface area contributed by atoms with E-state index in [1.54, 1.807) is 29.5 Å². The van der Waals surface area contributed by atoms with E-state index < -0.39 is 20.5 Å². The molecule has 1 aliphatic rings. The number of likely N-dealkylation sites (tertiary alicyclic amines) is 1. The first-order chi connectivity index (χ1) is 19.8. The highest BCUT2D eigenvalue weighted by Crippen LogP contribution is 2.36. The number of nitrogens with zero attached hydrogens (tertiary/aromatic N) is 4. The molecule has 2 heterocycles. The van der Waals surface area contributed by atoms with Gasteiger partial charge < -0.3 is 19.1 Å². The molecule has 0 spiro atoms. The fourth-order valence-electron chi connectivity index (χ4n) is 4.78. The number of carbonyl (C=O) groups excluding carboxylic acids is 1. The number of aryl methyl sites for hydroxylation is 1. The van der Waals surface area contributed by atoms with Crippen molar-refractivity contribution < 1.29 is 37.4 Å². The van der Waals surface area contributed by atoms with Crippen molar-refractivity contribution in [1.29, 1.82) is 0 Å². The van der Waals surface area contributed by atoms with Crippen LogP contribution < -0.4 is 19.8 Å². The zero-order valence-corrected chi connectivity index (χ0v) is 24.1. The number of ether oxygens (including phenoxy) is 3. The molecule has 3 aromatic rings. The van der Waals surface area contributed by atoms with Gasteiger partial charge in [0, 0.05) is 33.2 Å². The number of aromatic nitrogens is 4. The van der Waals surface area contributed by atoms with Crippen LogP contribution in [0.3, 0.4) is 0 Å². The molecule has 2 aromatic carbocycles. The minimum atomic E-state index is -4.10. The van der Waals surface area contributed by atoms with Crippen molar-refractivity contribution in [3.63, 3.8) is 0 Å². The molecule has 0 unspecified atom stereocenters. The summed E-state index contributed by atoms with van der Waals surface area (Å²) in [5, 5.41) is 20.9. The Bertz CT molecular complexity index is 1370. The molecule has 1 aliphatic heterocycles. The summed E-state index contributed by atoms with van der Waals surface area (Å²) in [5.74, 6) is 0.937. The van der Waals surface area contributed by atoms with Crippen molar-refractivity contribution in [2.45, 2.75) is 42.4 Å². The summed E-state index contributed by atoms with van der Waals surface area (Å²) >= 11 is 0. The molecule has 1 fully saturated rings. The summed E-state index contributed by atoms with van der Waals surface area (Å²) in [7, 11) is -2.50. The molecule has 0 bridgehead atoms. The van der Waals surface area contributed by atoms with Crippen LogP contribution in [-0.4, -0.2) is 91.2 Å². The zero-order chi connectivity index (χ0) is 29.3. The lowest BCUT2D eigenvalue weighted by Crippen LogP contribution is -2.57. The molecule has 0 saturated carbocycles. The lowest BCUT2D eigenvalue weighted by molar-refractivity contribution is -0.805. The van der Waals surface area contributed by atoms with Gasteiger partial charge in [-0.2, -0.15) is 0 Å². The highest BCUT2D eigenvalue weighted by molar-refractivity contribution is 7.93. The van der Waals surface area contributed by atoms with Gasteiger partial charge in [-0.1, -0.05) is 4.80 Å². The Kier molecular flexibility index (Phi) is 10.3. The predicted molar refractivity (Wildman–Crippen MR) is 147 cm³/mol. The van der Waals surface area contributed by atoms with E-state index in [0.717, 1.165) is 11.3 Å². The quantitative estimate of drug-likeness (QED) is 0.109. The van der Waals surface area contributed by atoms with Gasteiger partial charge in [0.2, 0.25) is 0 Å². The Hall–Kier alpha value is -3.59. The Morgan fingerprint density at radius 2 is 1.73 bits per heavy atom. The van der Waals surface area contributed by atoms with Crippen LogP contribution in [0.2, 0.25) is 0 Å². The Labute approximate surface area is 239 Å². The van der Waals surface area contributed by atoms with Gasteiger partial charge in [-0.05, 0) is 78.6 Å². The van der Waals surface area contributed by atoms with E-state index >= 15 is 0 Å². The first kappa shape index (κ1) is 30.4. The largest absolute Gasteiger partial charge is 0.494 e. The predicted octanol–water partition coefficient (Wildman–Crippen LogP) is 1.39. The molecule has 3 N–H and O–H groups in total. The summed E-state index contributed by atoms with van der Waals surface area (Å²) in [6.45, 7) is 5.37. The number of sulfone groups is 1. The average Bonchev–Trinajstić information content (AvgIpc) is 3.48. The first-order valence-corrected chi connectivity index (χ1v) is 15.0. The highest BCUT2D eigenvalue weighted by atomic mass is 32.2. The number of benzene rings is 2. The standard InChI is InChI=1S/C27H36N6O7S/c1-3-39-22-7-5-21(6-8-22)25-28-31-33(29-25)15-4-19-40-23-9-11-24(12-10-23)41(36,37)27(26(34)30-35)13-16-32(17-14-27)18-20-38-2/h5-12H,3-4,13-20H2,1-2H3,(H2,28,29,30,31,34,35)/p+1. The van der Waals surface area contributed by atoms with Crippen molar-refractivity contribution >= 4 is 15.7 Å². The van der Waals surface area contributed by atoms with Crippen LogP contribution in [-0.2, 0) is 25.9 Å². The third-order valence-corrected chi connectivity index (χ3v) is 9.65. The number of tetrazole rings is 1. The van der Waals surface area contributed by atoms with Gasteiger partial charge in [0.15, 0.2) is 14.6 Å². The monoisotopic (exact) mass is 589 g/mol. The molecule has 1 saturated heterocycles. The maximum absolute atomic E-state index is 13.6. The van der Waals surface area contributed by atoms with E-state index in [1.807, 2.05) is 36.1 Å². The normalized spacial score (nSPS) is 15.4. The van der Waals surface area contributed by atoms with Crippen LogP contribution >= 0.6 is 0 Å². The minimum Gasteiger partial charge on any atom is -0.494 e. The summed E-state index contributed by atoms with van der Waals surface area (Å²) in [5.41, 5.74) is 2.45. The first-order valence-electron chi connectivity index (χ1n) is 13.5. The molecule has 222 valence electrons. The van der Waals surface area contributed by atoms with Crippen LogP contribution in [0, 0.1) is 0 Å². The maximum atomic E-state index is 13.6. The zero-order valence-electron chi connectivity index (χ0n) is 23.3. The molecule has 4 rings (SSSR count). The second-order valence-corrected chi connectivity index (χ2v) is 11.9. The minimum absolute atomic E-state index is 0.00201. The number of hydrogen-bond acceptors (Lipinski definition) is 10. The van der Waals surface area contributed by atoms with Gasteiger partial charge in [-0.25, -0.2) is 13.9 Å². The Morgan fingerprint density at radius 1 is 1.07 bits per heavy atom. The van der Waals surface area contributed by atoms with Crippen LogP contribution in [0.25, 0.3) is 11.4 Å². The number of amides is 1. The van der Waals surface area contributed by atoms with Crippen molar-refractivity contribution in [2.24, 2.45) is 0 Å². The second kappa shape index (κ2) is 13.9. The summed E-state index contributed by atoms with van der Waals surface area (Å²) < 4.78 is 41.8. The summed E-state index contributed by atoms with van der Waals surface area (Å²) in [4.78, 5) is 16.3. The van der Waals surface area contributed by atoms with E-state index in [9.17, 15) is 18.4 Å². The molecule has 41 heavy (non-hydrogen) atoms.